The smallest absolute Gasteiger partial charge is 0.132 e. The minimum absolute atomic E-state index is 0.361. The third-order valence-electron chi connectivity index (χ3n) is 2.92. The number of rotatable bonds is 3. The molecule has 0 radical (unpaired) electrons. The maximum atomic E-state index is 13.1. The van der Waals surface area contributed by atoms with Gasteiger partial charge in [0.05, 0.1) is 12.7 Å². The van der Waals surface area contributed by atoms with E-state index < -0.39 is 11.7 Å². The van der Waals surface area contributed by atoms with Crippen LogP contribution < -0.4 is 4.74 Å². The molecule has 1 aromatic rings. The molecule has 0 fully saturated rings. The zero-order chi connectivity index (χ0) is 12.5. The summed E-state index contributed by atoms with van der Waals surface area (Å²) in [6.07, 6.45) is -0.302. The van der Waals surface area contributed by atoms with Crippen molar-refractivity contribution in [1.82, 2.24) is 0 Å². The van der Waals surface area contributed by atoms with Gasteiger partial charge in [-0.15, -0.1) is 0 Å². The average Bonchev–Trinajstić information content (AvgIpc) is 2.28. The second-order valence-electron chi connectivity index (χ2n) is 4.59. The van der Waals surface area contributed by atoms with Crippen LogP contribution in [0.1, 0.15) is 31.9 Å². The fourth-order valence-corrected chi connectivity index (χ4v) is 2.11. The standard InChI is InChI=1S/C13H17FO3/c1-3-16-8-13(2)7-11(15)10-6-9(14)4-5-12(10)17-13/h4-6,11,15H,3,7-8H2,1-2H3. The number of aliphatic hydroxyl groups is 1. The van der Waals surface area contributed by atoms with Crippen molar-refractivity contribution in [2.45, 2.75) is 32.0 Å². The fourth-order valence-electron chi connectivity index (χ4n) is 2.11. The van der Waals surface area contributed by atoms with Gasteiger partial charge in [0.1, 0.15) is 17.2 Å². The molecule has 0 aromatic heterocycles. The Bertz CT molecular complexity index is 408. The van der Waals surface area contributed by atoms with Gasteiger partial charge < -0.3 is 14.6 Å². The molecule has 1 aliphatic heterocycles. The van der Waals surface area contributed by atoms with Crippen LogP contribution in [0.25, 0.3) is 0 Å². The molecule has 2 atom stereocenters. The van der Waals surface area contributed by atoms with Crippen LogP contribution in [0, 0.1) is 5.82 Å². The molecule has 0 aliphatic carbocycles. The summed E-state index contributed by atoms with van der Waals surface area (Å²) in [5, 5.41) is 10.0. The van der Waals surface area contributed by atoms with E-state index in [0.717, 1.165) is 0 Å². The van der Waals surface area contributed by atoms with E-state index in [1.165, 1.54) is 12.1 Å². The maximum absolute atomic E-state index is 13.1. The molecule has 2 rings (SSSR count). The molecule has 1 heterocycles. The lowest BCUT2D eigenvalue weighted by molar-refractivity contribution is -0.0576. The molecule has 1 N–H and O–H groups in total. The van der Waals surface area contributed by atoms with E-state index in [9.17, 15) is 9.50 Å². The van der Waals surface area contributed by atoms with E-state index >= 15 is 0 Å². The number of halogens is 1. The monoisotopic (exact) mass is 240 g/mol. The Kier molecular flexibility index (Phi) is 3.35. The Balaban J connectivity index is 2.23. The van der Waals surface area contributed by atoms with Crippen molar-refractivity contribution in [2.24, 2.45) is 0 Å². The van der Waals surface area contributed by atoms with Crippen LogP contribution in [0.15, 0.2) is 18.2 Å². The highest BCUT2D eigenvalue weighted by Gasteiger charge is 2.37. The largest absolute Gasteiger partial charge is 0.485 e. The Morgan fingerprint density at radius 1 is 1.59 bits per heavy atom. The first-order valence-electron chi connectivity index (χ1n) is 5.78. The van der Waals surface area contributed by atoms with Crippen molar-refractivity contribution < 1.29 is 19.0 Å². The first-order chi connectivity index (χ1) is 8.04. The lowest BCUT2D eigenvalue weighted by Crippen LogP contribution is -2.42. The van der Waals surface area contributed by atoms with E-state index in [1.54, 1.807) is 6.07 Å². The summed E-state index contributed by atoms with van der Waals surface area (Å²) in [4.78, 5) is 0. The van der Waals surface area contributed by atoms with Crippen molar-refractivity contribution in [3.05, 3.63) is 29.6 Å². The summed E-state index contributed by atoms with van der Waals surface area (Å²) in [6.45, 7) is 4.81. The summed E-state index contributed by atoms with van der Waals surface area (Å²) >= 11 is 0. The maximum Gasteiger partial charge on any atom is 0.132 e. The van der Waals surface area contributed by atoms with Crippen LogP contribution in [0.3, 0.4) is 0 Å². The highest BCUT2D eigenvalue weighted by atomic mass is 19.1. The molecule has 0 saturated heterocycles. The first kappa shape index (κ1) is 12.3. The van der Waals surface area contributed by atoms with Crippen LogP contribution in [-0.4, -0.2) is 23.9 Å². The van der Waals surface area contributed by atoms with Gasteiger partial charge in [0.25, 0.3) is 0 Å². The number of aliphatic hydroxyl groups excluding tert-OH is 1. The molecule has 94 valence electrons. The molecular weight excluding hydrogens is 223 g/mol. The van der Waals surface area contributed by atoms with E-state index in [4.69, 9.17) is 9.47 Å². The summed E-state index contributed by atoms with van der Waals surface area (Å²) < 4.78 is 24.2. The van der Waals surface area contributed by atoms with E-state index in [2.05, 4.69) is 0 Å². The zero-order valence-corrected chi connectivity index (χ0v) is 10.1. The van der Waals surface area contributed by atoms with Crippen molar-refractivity contribution in [2.75, 3.05) is 13.2 Å². The summed E-state index contributed by atoms with van der Waals surface area (Å²) in [7, 11) is 0. The predicted molar refractivity (Wildman–Crippen MR) is 61.5 cm³/mol. The SMILES string of the molecule is CCOCC1(C)CC(O)c2cc(F)ccc2O1. The van der Waals surface area contributed by atoms with Gasteiger partial charge in [-0.3, -0.25) is 0 Å². The molecule has 4 heteroatoms. The lowest BCUT2D eigenvalue weighted by atomic mass is 9.91. The van der Waals surface area contributed by atoms with Crippen LogP contribution in [0.2, 0.25) is 0 Å². The van der Waals surface area contributed by atoms with Gasteiger partial charge in [0.15, 0.2) is 0 Å². The van der Waals surface area contributed by atoms with E-state index in [0.29, 0.717) is 30.9 Å². The number of benzene rings is 1. The Hall–Kier alpha value is -1.13. The normalized spacial score (nSPS) is 27.4. The van der Waals surface area contributed by atoms with Crippen molar-refractivity contribution in [3.63, 3.8) is 0 Å². The first-order valence-corrected chi connectivity index (χ1v) is 5.78. The van der Waals surface area contributed by atoms with Gasteiger partial charge in [-0.25, -0.2) is 4.39 Å². The number of hydrogen-bond acceptors (Lipinski definition) is 3. The van der Waals surface area contributed by atoms with Crippen LogP contribution in [0.4, 0.5) is 4.39 Å². The van der Waals surface area contributed by atoms with Gasteiger partial charge in [-0.1, -0.05) is 0 Å². The number of ether oxygens (including phenoxy) is 2. The third kappa shape index (κ3) is 2.58. The quantitative estimate of drug-likeness (QED) is 0.882. The summed E-state index contributed by atoms with van der Waals surface area (Å²) in [5.74, 6) is 0.173. The second-order valence-corrected chi connectivity index (χ2v) is 4.59. The molecule has 3 nitrogen and oxygen atoms in total. The molecule has 0 spiro atoms. The van der Waals surface area contributed by atoms with Gasteiger partial charge >= 0.3 is 0 Å². The van der Waals surface area contributed by atoms with Crippen molar-refractivity contribution in [1.29, 1.82) is 0 Å². The van der Waals surface area contributed by atoms with Gasteiger partial charge in [-0.05, 0) is 32.0 Å². The summed E-state index contributed by atoms with van der Waals surface area (Å²) in [5.41, 5.74) is -0.0424. The van der Waals surface area contributed by atoms with Crippen molar-refractivity contribution in [3.8, 4) is 5.75 Å². The highest BCUT2D eigenvalue weighted by molar-refractivity contribution is 5.38. The van der Waals surface area contributed by atoms with Crippen LogP contribution in [-0.2, 0) is 4.74 Å². The molecular formula is C13H17FO3. The minimum atomic E-state index is -0.708. The van der Waals surface area contributed by atoms with E-state index in [1.807, 2.05) is 13.8 Å². The number of hydrogen-bond donors (Lipinski definition) is 1. The highest BCUT2D eigenvalue weighted by Crippen LogP contribution is 2.39. The molecule has 2 unspecified atom stereocenters. The fraction of sp³-hybridized carbons (Fsp3) is 0.538. The average molecular weight is 240 g/mol. The topological polar surface area (TPSA) is 38.7 Å². The van der Waals surface area contributed by atoms with Crippen LogP contribution >= 0.6 is 0 Å². The summed E-state index contributed by atoms with van der Waals surface area (Å²) in [6, 6.07) is 4.20. The zero-order valence-electron chi connectivity index (χ0n) is 10.1. The Morgan fingerprint density at radius 2 is 2.35 bits per heavy atom. The van der Waals surface area contributed by atoms with Gasteiger partial charge in [-0.2, -0.15) is 0 Å². The third-order valence-corrected chi connectivity index (χ3v) is 2.92. The molecule has 0 amide bonds. The minimum Gasteiger partial charge on any atom is -0.485 e. The van der Waals surface area contributed by atoms with E-state index in [-0.39, 0.29) is 5.82 Å². The molecule has 1 aromatic carbocycles. The molecule has 0 saturated carbocycles. The van der Waals surface area contributed by atoms with Crippen LogP contribution in [0.5, 0.6) is 5.75 Å². The molecule has 0 bridgehead atoms. The predicted octanol–water partition coefficient (Wildman–Crippen LogP) is 2.44. The molecule has 17 heavy (non-hydrogen) atoms. The Labute approximate surface area is 100 Å². The second kappa shape index (κ2) is 4.63. The van der Waals surface area contributed by atoms with Gasteiger partial charge in [0.2, 0.25) is 0 Å². The van der Waals surface area contributed by atoms with Gasteiger partial charge in [0, 0.05) is 18.6 Å². The Morgan fingerprint density at radius 3 is 3.06 bits per heavy atom. The van der Waals surface area contributed by atoms with Crippen molar-refractivity contribution >= 4 is 0 Å². The molecule has 1 aliphatic rings. The lowest BCUT2D eigenvalue weighted by Gasteiger charge is -2.37. The number of fused-ring (bicyclic) bond motifs is 1.